The fourth-order valence-corrected chi connectivity index (χ4v) is 0.681. The Balaban J connectivity index is 0.000000561. The maximum atomic E-state index is 3.97. The van der Waals surface area contributed by atoms with Gasteiger partial charge < -0.3 is 5.01 Å². The van der Waals surface area contributed by atoms with Crippen LogP contribution in [0.2, 0.25) is 0 Å². The molecule has 12 heavy (non-hydrogen) atoms. The molecule has 1 N–H and O–H groups in total. The molecule has 0 bridgehead atoms. The number of anilines is 1. The minimum atomic E-state index is 1.06. The Kier molecular flexibility index (Phi) is 6.01. The van der Waals surface area contributed by atoms with Crippen LogP contribution in [0.3, 0.4) is 0 Å². The molecule has 0 radical (unpaired) electrons. The summed E-state index contributed by atoms with van der Waals surface area (Å²) in [7, 11) is 3.81. The highest BCUT2D eigenvalue weighted by atomic mass is 15.5. The topological polar surface area (TPSA) is 28.2 Å². The van der Waals surface area contributed by atoms with E-state index in [9.17, 15) is 0 Å². The predicted octanol–water partition coefficient (Wildman–Crippen LogP) is 1.68. The van der Waals surface area contributed by atoms with Crippen molar-refractivity contribution in [2.75, 3.05) is 19.1 Å². The van der Waals surface area contributed by atoms with Gasteiger partial charge in [0.1, 0.15) is 0 Å². The van der Waals surface area contributed by atoms with Crippen LogP contribution in [0.5, 0.6) is 0 Å². The molecule has 0 aromatic carbocycles. The fraction of sp³-hybridized carbons (Fsp3) is 0.444. The van der Waals surface area contributed by atoms with Crippen molar-refractivity contribution < 1.29 is 0 Å². The van der Waals surface area contributed by atoms with Gasteiger partial charge in [0.05, 0.1) is 11.9 Å². The van der Waals surface area contributed by atoms with E-state index in [-0.39, 0.29) is 0 Å². The minimum absolute atomic E-state index is 1.06. The Bertz CT molecular complexity index is 186. The van der Waals surface area contributed by atoms with Crippen LogP contribution >= 0.6 is 0 Å². The first-order valence-corrected chi connectivity index (χ1v) is 4.15. The van der Waals surface area contributed by atoms with Gasteiger partial charge in [-0.1, -0.05) is 13.8 Å². The zero-order valence-electron chi connectivity index (χ0n) is 8.20. The number of rotatable bonds is 2. The normalized spacial score (nSPS) is 8.33. The summed E-state index contributed by atoms with van der Waals surface area (Å²) in [5.41, 5.74) is 4.03. The summed E-state index contributed by atoms with van der Waals surface area (Å²) < 4.78 is 0. The summed E-state index contributed by atoms with van der Waals surface area (Å²) in [6.45, 7) is 4.00. The molecule has 0 aliphatic heterocycles. The summed E-state index contributed by atoms with van der Waals surface area (Å²) in [5, 5.41) is 1.90. The molecule has 0 atom stereocenters. The average Bonchev–Trinajstić information content (AvgIpc) is 2.21. The lowest BCUT2D eigenvalue weighted by Crippen LogP contribution is -2.30. The van der Waals surface area contributed by atoms with Crippen molar-refractivity contribution in [3.63, 3.8) is 0 Å². The van der Waals surface area contributed by atoms with Gasteiger partial charge in [0.25, 0.3) is 0 Å². The smallest absolute Gasteiger partial charge is 0.0699 e. The molecule has 0 saturated carbocycles. The number of pyridine rings is 1. The van der Waals surface area contributed by atoms with Gasteiger partial charge in [-0.3, -0.25) is 4.98 Å². The number of hydrogen-bond acceptors (Lipinski definition) is 3. The fourth-order valence-electron chi connectivity index (χ4n) is 0.681. The molecule has 0 amide bonds. The zero-order chi connectivity index (χ0) is 9.40. The molecule has 0 fully saturated rings. The van der Waals surface area contributed by atoms with Crippen molar-refractivity contribution in [1.29, 1.82) is 0 Å². The Morgan fingerprint density at radius 1 is 1.42 bits per heavy atom. The molecular weight excluding hydrogens is 150 g/mol. The van der Waals surface area contributed by atoms with E-state index >= 15 is 0 Å². The van der Waals surface area contributed by atoms with Crippen LogP contribution in [0.15, 0.2) is 24.5 Å². The maximum Gasteiger partial charge on any atom is 0.0699 e. The average molecular weight is 167 g/mol. The summed E-state index contributed by atoms with van der Waals surface area (Å²) >= 11 is 0. The molecule has 3 heteroatoms. The van der Waals surface area contributed by atoms with E-state index in [1.165, 1.54) is 0 Å². The van der Waals surface area contributed by atoms with Gasteiger partial charge >= 0.3 is 0 Å². The van der Waals surface area contributed by atoms with Gasteiger partial charge in [0, 0.05) is 20.3 Å². The number of nitrogens with zero attached hydrogens (tertiary/aromatic N) is 2. The first-order valence-electron chi connectivity index (χ1n) is 4.15. The second kappa shape index (κ2) is 6.61. The lowest BCUT2D eigenvalue weighted by molar-refractivity contribution is 0.789. The van der Waals surface area contributed by atoms with Crippen molar-refractivity contribution in [1.82, 2.24) is 10.4 Å². The number of nitrogens with one attached hydrogen (secondary N) is 1. The van der Waals surface area contributed by atoms with Crippen molar-refractivity contribution in [3.05, 3.63) is 24.5 Å². The van der Waals surface area contributed by atoms with E-state index in [1.807, 2.05) is 45.1 Å². The van der Waals surface area contributed by atoms with Crippen molar-refractivity contribution in [2.24, 2.45) is 0 Å². The molecule has 1 aromatic rings. The zero-order valence-corrected chi connectivity index (χ0v) is 8.20. The van der Waals surface area contributed by atoms with Crippen molar-refractivity contribution in [3.8, 4) is 0 Å². The molecule has 1 rings (SSSR count). The maximum absolute atomic E-state index is 3.97. The van der Waals surface area contributed by atoms with Gasteiger partial charge in [-0.2, -0.15) is 0 Å². The lowest BCUT2D eigenvalue weighted by Gasteiger charge is -2.15. The first kappa shape index (κ1) is 10.9. The number of hydrazine groups is 1. The van der Waals surface area contributed by atoms with E-state index in [2.05, 4.69) is 10.4 Å². The minimum Gasteiger partial charge on any atom is -0.310 e. The third-order valence-corrected chi connectivity index (χ3v) is 1.37. The Labute approximate surface area is 74.4 Å². The van der Waals surface area contributed by atoms with E-state index in [1.54, 1.807) is 12.4 Å². The molecule has 0 unspecified atom stereocenters. The highest BCUT2D eigenvalue weighted by molar-refractivity contribution is 5.40. The third-order valence-electron chi connectivity index (χ3n) is 1.37. The van der Waals surface area contributed by atoms with E-state index < -0.39 is 0 Å². The molecule has 0 aliphatic carbocycles. The van der Waals surface area contributed by atoms with Crippen LogP contribution in [-0.2, 0) is 0 Å². The molecule has 1 aromatic heterocycles. The Morgan fingerprint density at radius 2 is 2.08 bits per heavy atom. The second-order valence-corrected chi connectivity index (χ2v) is 1.99. The molecule has 1 heterocycles. The van der Waals surface area contributed by atoms with Crippen LogP contribution in [0.4, 0.5) is 5.69 Å². The highest BCUT2D eigenvalue weighted by Crippen LogP contribution is 2.04. The molecule has 0 spiro atoms. The molecule has 68 valence electrons. The standard InChI is InChI=1S/C7H11N3.C2H6/c1-8-10(2)7-4-3-5-9-6-7;1-2/h3-6,8H,1-2H3;1-2H3. The van der Waals surface area contributed by atoms with Crippen molar-refractivity contribution in [2.45, 2.75) is 13.8 Å². The van der Waals surface area contributed by atoms with Crippen LogP contribution < -0.4 is 10.4 Å². The molecule has 3 nitrogen and oxygen atoms in total. The van der Waals surface area contributed by atoms with Gasteiger partial charge in [0.15, 0.2) is 0 Å². The van der Waals surface area contributed by atoms with Gasteiger partial charge in [0.2, 0.25) is 0 Å². The van der Waals surface area contributed by atoms with Crippen molar-refractivity contribution >= 4 is 5.69 Å². The molecular formula is C9H17N3. The number of aromatic nitrogens is 1. The first-order chi connectivity index (χ1) is 5.84. The highest BCUT2D eigenvalue weighted by Gasteiger charge is 1.93. The van der Waals surface area contributed by atoms with Gasteiger partial charge in [-0.15, -0.1) is 0 Å². The van der Waals surface area contributed by atoms with Gasteiger partial charge in [-0.05, 0) is 12.1 Å². The van der Waals surface area contributed by atoms with E-state index in [0.29, 0.717) is 0 Å². The Morgan fingerprint density at radius 3 is 2.50 bits per heavy atom. The number of hydrogen-bond donors (Lipinski definition) is 1. The summed E-state index contributed by atoms with van der Waals surface area (Å²) in [6, 6.07) is 3.90. The van der Waals surface area contributed by atoms with Crippen LogP contribution in [-0.4, -0.2) is 19.1 Å². The van der Waals surface area contributed by atoms with Crippen LogP contribution in [0, 0.1) is 0 Å². The molecule has 0 saturated heterocycles. The monoisotopic (exact) mass is 167 g/mol. The third kappa shape index (κ3) is 3.34. The lowest BCUT2D eigenvalue weighted by atomic mass is 10.4. The second-order valence-electron chi connectivity index (χ2n) is 1.99. The summed E-state index contributed by atoms with van der Waals surface area (Å²) in [5.74, 6) is 0. The van der Waals surface area contributed by atoms with Crippen LogP contribution in [0.1, 0.15) is 13.8 Å². The summed E-state index contributed by atoms with van der Waals surface area (Å²) in [4.78, 5) is 3.97. The summed E-state index contributed by atoms with van der Waals surface area (Å²) in [6.07, 6.45) is 3.56. The van der Waals surface area contributed by atoms with Crippen LogP contribution in [0.25, 0.3) is 0 Å². The SMILES string of the molecule is CC.CNN(C)c1cccnc1. The van der Waals surface area contributed by atoms with E-state index in [4.69, 9.17) is 0 Å². The Hall–Kier alpha value is -1.09. The predicted molar refractivity (Wildman–Crippen MR) is 53.0 cm³/mol. The van der Waals surface area contributed by atoms with Gasteiger partial charge in [-0.25, -0.2) is 5.43 Å². The largest absolute Gasteiger partial charge is 0.310 e. The quantitative estimate of drug-likeness (QED) is 0.679. The van der Waals surface area contributed by atoms with E-state index in [0.717, 1.165) is 5.69 Å². The molecule has 0 aliphatic rings.